The van der Waals surface area contributed by atoms with Crippen molar-refractivity contribution in [3.8, 4) is 0 Å². The van der Waals surface area contributed by atoms with Gasteiger partial charge < -0.3 is 10.0 Å². The number of amidine groups is 1. The standard InChI is InChI=1S/C8H14N2O2/c9-7-3-1-5-10(7)6-2-4-8(11)12/h9H,1-6H2,(H,11,12). The van der Waals surface area contributed by atoms with Crippen LogP contribution in [0.3, 0.4) is 0 Å². The van der Waals surface area contributed by atoms with E-state index in [2.05, 4.69) is 0 Å². The minimum atomic E-state index is -0.749. The molecular formula is C8H14N2O2. The van der Waals surface area contributed by atoms with Crippen LogP contribution in [0.15, 0.2) is 0 Å². The van der Waals surface area contributed by atoms with Gasteiger partial charge in [-0.1, -0.05) is 0 Å². The SMILES string of the molecule is N=C1CCCN1CCCC(=O)O. The predicted molar refractivity (Wildman–Crippen MR) is 45.4 cm³/mol. The number of likely N-dealkylation sites (tertiary alicyclic amines) is 1. The van der Waals surface area contributed by atoms with E-state index < -0.39 is 5.97 Å². The van der Waals surface area contributed by atoms with Crippen molar-refractivity contribution in [3.63, 3.8) is 0 Å². The van der Waals surface area contributed by atoms with Crippen LogP contribution in [0.25, 0.3) is 0 Å². The molecule has 1 heterocycles. The van der Waals surface area contributed by atoms with Crippen LogP contribution < -0.4 is 0 Å². The molecule has 0 amide bonds. The fourth-order valence-corrected chi connectivity index (χ4v) is 1.40. The van der Waals surface area contributed by atoms with Crippen molar-refractivity contribution in [2.24, 2.45) is 0 Å². The zero-order chi connectivity index (χ0) is 8.97. The van der Waals surface area contributed by atoms with Crippen LogP contribution in [-0.2, 0) is 4.79 Å². The van der Waals surface area contributed by atoms with Gasteiger partial charge in [-0.3, -0.25) is 10.2 Å². The number of carboxylic acids is 1. The molecule has 0 atom stereocenters. The van der Waals surface area contributed by atoms with Gasteiger partial charge in [0.1, 0.15) is 0 Å². The van der Waals surface area contributed by atoms with Gasteiger partial charge in [0.15, 0.2) is 0 Å². The topological polar surface area (TPSA) is 64.4 Å². The molecule has 1 fully saturated rings. The van der Waals surface area contributed by atoms with Crippen molar-refractivity contribution in [1.82, 2.24) is 4.90 Å². The van der Waals surface area contributed by atoms with Crippen LogP contribution in [0, 0.1) is 5.41 Å². The fraction of sp³-hybridized carbons (Fsp3) is 0.750. The lowest BCUT2D eigenvalue weighted by molar-refractivity contribution is -0.137. The minimum Gasteiger partial charge on any atom is -0.481 e. The molecule has 0 unspecified atom stereocenters. The number of rotatable bonds is 4. The average Bonchev–Trinajstić information content (AvgIpc) is 2.36. The van der Waals surface area contributed by atoms with E-state index in [9.17, 15) is 4.79 Å². The van der Waals surface area contributed by atoms with Crippen LogP contribution in [0.5, 0.6) is 0 Å². The van der Waals surface area contributed by atoms with Gasteiger partial charge in [-0.05, 0) is 12.8 Å². The zero-order valence-electron chi connectivity index (χ0n) is 7.05. The van der Waals surface area contributed by atoms with Crippen LogP contribution >= 0.6 is 0 Å². The Hall–Kier alpha value is -1.06. The molecule has 4 nitrogen and oxygen atoms in total. The van der Waals surface area contributed by atoms with E-state index in [1.165, 1.54) is 0 Å². The minimum absolute atomic E-state index is 0.212. The number of hydrogen-bond acceptors (Lipinski definition) is 2. The van der Waals surface area contributed by atoms with E-state index in [4.69, 9.17) is 10.5 Å². The highest BCUT2D eigenvalue weighted by molar-refractivity contribution is 5.80. The molecule has 0 radical (unpaired) electrons. The Bertz CT molecular complexity index is 191. The lowest BCUT2D eigenvalue weighted by Crippen LogP contribution is -2.25. The quantitative estimate of drug-likeness (QED) is 0.659. The summed E-state index contributed by atoms with van der Waals surface area (Å²) >= 11 is 0. The summed E-state index contributed by atoms with van der Waals surface area (Å²) < 4.78 is 0. The first-order valence-electron chi connectivity index (χ1n) is 4.24. The number of hydrogen-bond donors (Lipinski definition) is 2. The molecule has 1 aliphatic rings. The van der Waals surface area contributed by atoms with Crippen LogP contribution in [-0.4, -0.2) is 34.9 Å². The predicted octanol–water partition coefficient (Wildman–Crippen LogP) is 0.924. The first kappa shape index (κ1) is 9.03. The zero-order valence-corrected chi connectivity index (χ0v) is 7.05. The third kappa shape index (κ3) is 2.53. The van der Waals surface area contributed by atoms with Crippen LogP contribution in [0.1, 0.15) is 25.7 Å². The van der Waals surface area contributed by atoms with Gasteiger partial charge in [-0.15, -0.1) is 0 Å². The Balaban J connectivity index is 2.14. The third-order valence-electron chi connectivity index (χ3n) is 2.04. The number of carboxylic acid groups (broad SMARTS) is 1. The Morgan fingerprint density at radius 1 is 1.67 bits per heavy atom. The molecule has 4 heteroatoms. The van der Waals surface area contributed by atoms with E-state index in [1.807, 2.05) is 4.90 Å². The Labute approximate surface area is 71.7 Å². The van der Waals surface area contributed by atoms with Crippen LogP contribution in [0.4, 0.5) is 0 Å². The molecule has 1 rings (SSSR count). The number of aliphatic carboxylic acids is 1. The second-order valence-corrected chi connectivity index (χ2v) is 3.03. The Morgan fingerprint density at radius 2 is 2.42 bits per heavy atom. The second-order valence-electron chi connectivity index (χ2n) is 3.03. The molecule has 0 aliphatic carbocycles. The van der Waals surface area contributed by atoms with Gasteiger partial charge in [0.05, 0.1) is 5.84 Å². The maximum atomic E-state index is 10.2. The number of nitrogens with one attached hydrogen (secondary N) is 1. The lowest BCUT2D eigenvalue weighted by atomic mass is 10.3. The molecular weight excluding hydrogens is 156 g/mol. The monoisotopic (exact) mass is 170 g/mol. The van der Waals surface area contributed by atoms with E-state index in [-0.39, 0.29) is 6.42 Å². The fourth-order valence-electron chi connectivity index (χ4n) is 1.40. The summed E-state index contributed by atoms with van der Waals surface area (Å²) in [7, 11) is 0. The molecule has 0 aromatic carbocycles. The molecule has 12 heavy (non-hydrogen) atoms. The summed E-state index contributed by atoms with van der Waals surface area (Å²) in [5.41, 5.74) is 0. The molecule has 0 spiro atoms. The Kier molecular flexibility index (Phi) is 3.08. The molecule has 0 aromatic heterocycles. The highest BCUT2D eigenvalue weighted by Gasteiger charge is 2.15. The summed E-state index contributed by atoms with van der Waals surface area (Å²) in [5.74, 6) is -0.0823. The van der Waals surface area contributed by atoms with Crippen molar-refractivity contribution in [1.29, 1.82) is 5.41 Å². The smallest absolute Gasteiger partial charge is 0.303 e. The van der Waals surface area contributed by atoms with Crippen molar-refractivity contribution < 1.29 is 9.90 Å². The molecule has 1 aliphatic heterocycles. The molecule has 68 valence electrons. The highest BCUT2D eigenvalue weighted by atomic mass is 16.4. The summed E-state index contributed by atoms with van der Waals surface area (Å²) in [6, 6.07) is 0. The van der Waals surface area contributed by atoms with Gasteiger partial charge >= 0.3 is 5.97 Å². The second kappa shape index (κ2) is 4.09. The summed E-state index contributed by atoms with van der Waals surface area (Å²) in [4.78, 5) is 12.1. The Morgan fingerprint density at radius 3 is 2.92 bits per heavy atom. The highest BCUT2D eigenvalue weighted by Crippen LogP contribution is 2.10. The van der Waals surface area contributed by atoms with E-state index in [0.717, 1.165) is 25.9 Å². The maximum Gasteiger partial charge on any atom is 0.303 e. The van der Waals surface area contributed by atoms with E-state index in [1.54, 1.807) is 0 Å². The molecule has 0 aromatic rings. The third-order valence-corrected chi connectivity index (χ3v) is 2.04. The van der Waals surface area contributed by atoms with Gasteiger partial charge in [-0.2, -0.15) is 0 Å². The van der Waals surface area contributed by atoms with Gasteiger partial charge in [-0.25, -0.2) is 0 Å². The van der Waals surface area contributed by atoms with E-state index >= 15 is 0 Å². The van der Waals surface area contributed by atoms with Crippen molar-refractivity contribution in [3.05, 3.63) is 0 Å². The first-order valence-corrected chi connectivity index (χ1v) is 4.24. The van der Waals surface area contributed by atoms with Gasteiger partial charge in [0.2, 0.25) is 0 Å². The summed E-state index contributed by atoms with van der Waals surface area (Å²) in [5, 5.41) is 15.9. The van der Waals surface area contributed by atoms with Crippen molar-refractivity contribution >= 4 is 11.8 Å². The number of nitrogens with zero attached hydrogens (tertiary/aromatic N) is 1. The normalized spacial score (nSPS) is 17.0. The largest absolute Gasteiger partial charge is 0.481 e. The number of carbonyl (C=O) groups is 1. The van der Waals surface area contributed by atoms with Gasteiger partial charge in [0, 0.05) is 25.9 Å². The first-order chi connectivity index (χ1) is 5.70. The van der Waals surface area contributed by atoms with E-state index in [0.29, 0.717) is 12.3 Å². The average molecular weight is 170 g/mol. The molecule has 0 bridgehead atoms. The summed E-state index contributed by atoms with van der Waals surface area (Å²) in [6.07, 6.45) is 2.76. The maximum absolute atomic E-state index is 10.2. The van der Waals surface area contributed by atoms with Crippen molar-refractivity contribution in [2.45, 2.75) is 25.7 Å². The summed E-state index contributed by atoms with van der Waals surface area (Å²) in [6.45, 7) is 1.66. The van der Waals surface area contributed by atoms with Gasteiger partial charge in [0.25, 0.3) is 0 Å². The molecule has 2 N–H and O–H groups in total. The lowest BCUT2D eigenvalue weighted by Gasteiger charge is -2.16. The van der Waals surface area contributed by atoms with Crippen molar-refractivity contribution in [2.75, 3.05) is 13.1 Å². The molecule has 0 saturated carbocycles. The van der Waals surface area contributed by atoms with Crippen LogP contribution in [0.2, 0.25) is 0 Å². The molecule has 1 saturated heterocycles.